The van der Waals surface area contributed by atoms with Crippen LogP contribution in [0.3, 0.4) is 0 Å². The quantitative estimate of drug-likeness (QED) is 0.636. The molecule has 2 aromatic heterocycles. The van der Waals surface area contributed by atoms with Crippen LogP contribution < -0.4 is 10.6 Å². The van der Waals surface area contributed by atoms with Crippen LogP contribution in [-0.4, -0.2) is 15.9 Å². The highest BCUT2D eigenvalue weighted by Gasteiger charge is 2.36. The molecule has 8 heteroatoms. The Morgan fingerprint density at radius 1 is 0.897 bits per heavy atom. The highest BCUT2D eigenvalue weighted by atomic mass is 19.4. The second-order valence-corrected chi connectivity index (χ2v) is 6.33. The van der Waals surface area contributed by atoms with E-state index in [9.17, 15) is 18.0 Å². The van der Waals surface area contributed by atoms with Crippen molar-refractivity contribution in [3.63, 3.8) is 0 Å². The van der Waals surface area contributed by atoms with Crippen molar-refractivity contribution in [1.82, 2.24) is 20.6 Å². The number of rotatable bonds is 7. The Morgan fingerprint density at radius 2 is 1.66 bits per heavy atom. The number of alkyl halides is 3. The first kappa shape index (κ1) is 20.5. The van der Waals surface area contributed by atoms with Gasteiger partial charge in [0, 0.05) is 37.9 Å². The molecule has 1 unspecified atom stereocenters. The number of hydrogen-bond acceptors (Lipinski definition) is 4. The van der Waals surface area contributed by atoms with Crippen LogP contribution in [0.2, 0.25) is 0 Å². The number of carbonyl (C=O) groups is 1. The van der Waals surface area contributed by atoms with E-state index >= 15 is 0 Å². The van der Waals surface area contributed by atoms with Gasteiger partial charge in [0.2, 0.25) is 5.91 Å². The second-order valence-electron chi connectivity index (χ2n) is 6.33. The first-order valence-electron chi connectivity index (χ1n) is 8.90. The molecule has 0 saturated carbocycles. The van der Waals surface area contributed by atoms with E-state index in [-0.39, 0.29) is 18.7 Å². The largest absolute Gasteiger partial charge is 0.416 e. The molecule has 0 spiro atoms. The van der Waals surface area contributed by atoms with Gasteiger partial charge in [0.1, 0.15) is 6.04 Å². The van der Waals surface area contributed by atoms with E-state index in [0.717, 1.165) is 17.2 Å². The molecule has 0 bridgehead atoms. The maximum absolute atomic E-state index is 13.5. The number of carbonyl (C=O) groups excluding carboxylic acids is 1. The van der Waals surface area contributed by atoms with Crippen molar-refractivity contribution in [2.45, 2.75) is 25.3 Å². The number of benzene rings is 1. The number of amides is 1. The number of aromatic nitrogens is 2. The van der Waals surface area contributed by atoms with Gasteiger partial charge in [-0.2, -0.15) is 13.2 Å². The molecule has 2 N–H and O–H groups in total. The molecule has 0 aliphatic rings. The number of hydrogen-bond donors (Lipinski definition) is 2. The average molecular weight is 400 g/mol. The van der Waals surface area contributed by atoms with Crippen LogP contribution in [0.25, 0.3) is 0 Å². The lowest BCUT2D eigenvalue weighted by molar-refractivity contribution is -0.138. The van der Waals surface area contributed by atoms with Crippen LogP contribution in [0.15, 0.2) is 73.3 Å². The Morgan fingerprint density at radius 3 is 2.34 bits per heavy atom. The maximum Gasteiger partial charge on any atom is 0.416 e. The summed E-state index contributed by atoms with van der Waals surface area (Å²) in [5, 5.41) is 5.64. The third-order valence-corrected chi connectivity index (χ3v) is 4.29. The van der Waals surface area contributed by atoms with Gasteiger partial charge in [0.25, 0.3) is 0 Å². The van der Waals surface area contributed by atoms with E-state index in [1.54, 1.807) is 49.1 Å². The summed E-state index contributed by atoms with van der Waals surface area (Å²) in [6.45, 7) is 0.369. The first-order chi connectivity index (χ1) is 13.9. The third kappa shape index (κ3) is 5.61. The van der Waals surface area contributed by atoms with Gasteiger partial charge in [-0.05, 0) is 41.0 Å². The van der Waals surface area contributed by atoms with Crippen molar-refractivity contribution in [3.8, 4) is 0 Å². The summed E-state index contributed by atoms with van der Waals surface area (Å²) in [4.78, 5) is 20.7. The van der Waals surface area contributed by atoms with Crippen molar-refractivity contribution in [2.24, 2.45) is 0 Å². The molecule has 1 amide bonds. The highest BCUT2D eigenvalue weighted by Crippen LogP contribution is 2.34. The van der Waals surface area contributed by atoms with E-state index < -0.39 is 23.7 Å². The Balaban J connectivity index is 1.84. The molecule has 0 saturated heterocycles. The van der Waals surface area contributed by atoms with Crippen LogP contribution in [0.4, 0.5) is 13.2 Å². The molecule has 5 nitrogen and oxygen atoms in total. The fourth-order valence-corrected chi connectivity index (χ4v) is 2.87. The van der Waals surface area contributed by atoms with Crippen molar-refractivity contribution < 1.29 is 18.0 Å². The minimum absolute atomic E-state index is 0.127. The SMILES string of the molecule is O=C(NCc1cccnc1)C(NCc1ccncc1)c1ccccc1C(F)(F)F. The van der Waals surface area contributed by atoms with Gasteiger partial charge >= 0.3 is 6.18 Å². The molecule has 2 heterocycles. The van der Waals surface area contributed by atoms with Crippen LogP contribution in [-0.2, 0) is 24.1 Å². The van der Waals surface area contributed by atoms with Crippen LogP contribution in [0, 0.1) is 0 Å². The van der Waals surface area contributed by atoms with Crippen molar-refractivity contribution in [2.75, 3.05) is 0 Å². The summed E-state index contributed by atoms with van der Waals surface area (Å²) in [6.07, 6.45) is 1.78. The highest BCUT2D eigenvalue weighted by molar-refractivity contribution is 5.83. The summed E-state index contributed by atoms with van der Waals surface area (Å²) >= 11 is 0. The Bertz CT molecular complexity index is 933. The van der Waals surface area contributed by atoms with Gasteiger partial charge in [-0.25, -0.2) is 0 Å². The molecule has 0 aliphatic heterocycles. The lowest BCUT2D eigenvalue weighted by atomic mass is 9.98. The van der Waals surface area contributed by atoms with E-state index in [1.165, 1.54) is 18.2 Å². The van der Waals surface area contributed by atoms with Crippen molar-refractivity contribution in [1.29, 1.82) is 0 Å². The Labute approximate surface area is 166 Å². The van der Waals surface area contributed by atoms with Gasteiger partial charge in [0.05, 0.1) is 5.56 Å². The molecular weight excluding hydrogens is 381 g/mol. The topological polar surface area (TPSA) is 66.9 Å². The number of halogens is 3. The van der Waals surface area contributed by atoms with E-state index in [2.05, 4.69) is 20.6 Å². The van der Waals surface area contributed by atoms with Gasteiger partial charge < -0.3 is 5.32 Å². The molecule has 3 aromatic rings. The first-order valence-corrected chi connectivity index (χ1v) is 8.90. The molecule has 150 valence electrons. The van der Waals surface area contributed by atoms with E-state index in [4.69, 9.17) is 0 Å². The zero-order valence-corrected chi connectivity index (χ0v) is 15.4. The predicted molar refractivity (Wildman–Crippen MR) is 101 cm³/mol. The lowest BCUT2D eigenvalue weighted by Crippen LogP contribution is -2.38. The van der Waals surface area contributed by atoms with Crippen LogP contribution in [0.5, 0.6) is 0 Å². The van der Waals surface area contributed by atoms with E-state index in [0.29, 0.717) is 0 Å². The Kier molecular flexibility index (Phi) is 6.56. The van der Waals surface area contributed by atoms with Crippen LogP contribution in [0.1, 0.15) is 28.3 Å². The normalized spacial score (nSPS) is 12.4. The molecule has 0 aliphatic carbocycles. The standard InChI is InChI=1S/C21H19F3N4O/c22-21(23,24)18-6-2-1-5-17(18)19(27-13-15-7-10-25-11-8-15)20(29)28-14-16-4-3-9-26-12-16/h1-12,19,27H,13-14H2,(H,28,29). The minimum atomic E-state index is -4.57. The fraction of sp³-hybridized carbons (Fsp3) is 0.190. The molecule has 3 rings (SSSR count). The molecule has 1 aromatic carbocycles. The summed E-state index contributed by atoms with van der Waals surface area (Å²) in [7, 11) is 0. The predicted octanol–water partition coefficient (Wildman–Crippen LogP) is 3.64. The molecule has 0 radical (unpaired) electrons. The average Bonchev–Trinajstić information content (AvgIpc) is 2.73. The van der Waals surface area contributed by atoms with Gasteiger partial charge in [-0.15, -0.1) is 0 Å². The zero-order valence-electron chi connectivity index (χ0n) is 15.4. The smallest absolute Gasteiger partial charge is 0.350 e. The lowest BCUT2D eigenvalue weighted by Gasteiger charge is -2.22. The second kappa shape index (κ2) is 9.29. The minimum Gasteiger partial charge on any atom is -0.350 e. The molecular formula is C21H19F3N4O. The summed E-state index contributed by atoms with van der Waals surface area (Å²) in [6, 6.07) is 10.9. The fourth-order valence-electron chi connectivity index (χ4n) is 2.87. The maximum atomic E-state index is 13.5. The summed E-state index contributed by atoms with van der Waals surface area (Å²) in [5.74, 6) is -0.556. The number of pyridine rings is 2. The molecule has 0 fully saturated rings. The zero-order chi connectivity index (χ0) is 20.7. The third-order valence-electron chi connectivity index (χ3n) is 4.29. The van der Waals surface area contributed by atoms with Crippen LogP contribution >= 0.6 is 0 Å². The van der Waals surface area contributed by atoms with Crippen molar-refractivity contribution >= 4 is 5.91 Å². The summed E-state index contributed by atoms with van der Waals surface area (Å²) < 4.78 is 40.5. The van der Waals surface area contributed by atoms with Crippen molar-refractivity contribution in [3.05, 3.63) is 95.6 Å². The van der Waals surface area contributed by atoms with E-state index in [1.807, 2.05) is 0 Å². The Hall–Kier alpha value is -3.26. The molecule has 29 heavy (non-hydrogen) atoms. The van der Waals surface area contributed by atoms with Gasteiger partial charge in [0.15, 0.2) is 0 Å². The number of nitrogens with one attached hydrogen (secondary N) is 2. The number of nitrogens with zero attached hydrogens (tertiary/aromatic N) is 2. The molecule has 1 atom stereocenters. The monoisotopic (exact) mass is 400 g/mol. The van der Waals surface area contributed by atoms with Gasteiger partial charge in [-0.3, -0.25) is 20.1 Å². The van der Waals surface area contributed by atoms with Gasteiger partial charge in [-0.1, -0.05) is 24.3 Å². The summed E-state index contributed by atoms with van der Waals surface area (Å²) in [5.41, 5.74) is 0.578.